The highest BCUT2D eigenvalue weighted by atomic mass is 32.2. The van der Waals surface area contributed by atoms with Crippen molar-refractivity contribution in [2.24, 2.45) is 0 Å². The standard InChI is InChI=1S/C16H20N4O4S2/c1-8(2)15-17-16(24-19-15)10(4)20-26(21,22)13-7-6-12(25-13)14-9(3)18-23-11(14)5/h6-8,10,20H,1-5H3/t10-/m1/s1. The summed E-state index contributed by atoms with van der Waals surface area (Å²) in [5, 5.41) is 7.77. The number of rotatable bonds is 6. The third kappa shape index (κ3) is 3.57. The van der Waals surface area contributed by atoms with Gasteiger partial charge in [-0.1, -0.05) is 24.2 Å². The van der Waals surface area contributed by atoms with Crippen molar-refractivity contribution in [2.45, 2.75) is 50.8 Å². The van der Waals surface area contributed by atoms with E-state index in [1.54, 1.807) is 26.0 Å². The first-order valence-corrected chi connectivity index (χ1v) is 10.4. The fraction of sp³-hybridized carbons (Fsp3) is 0.438. The summed E-state index contributed by atoms with van der Waals surface area (Å²) in [6.07, 6.45) is 0. The Hall–Kier alpha value is -2.04. The maximum Gasteiger partial charge on any atom is 0.250 e. The Morgan fingerprint density at radius 3 is 2.42 bits per heavy atom. The molecule has 0 radical (unpaired) electrons. The molecule has 1 atom stereocenters. The van der Waals surface area contributed by atoms with E-state index >= 15 is 0 Å². The highest BCUT2D eigenvalue weighted by molar-refractivity contribution is 7.91. The molecule has 0 saturated heterocycles. The van der Waals surface area contributed by atoms with E-state index in [4.69, 9.17) is 9.05 Å². The molecule has 26 heavy (non-hydrogen) atoms. The van der Waals surface area contributed by atoms with Crippen molar-refractivity contribution in [2.75, 3.05) is 0 Å². The van der Waals surface area contributed by atoms with E-state index in [0.717, 1.165) is 27.5 Å². The molecule has 3 aromatic rings. The van der Waals surface area contributed by atoms with Crippen LogP contribution in [0.4, 0.5) is 0 Å². The second-order valence-electron chi connectivity index (χ2n) is 6.31. The van der Waals surface area contributed by atoms with Gasteiger partial charge in [-0.15, -0.1) is 11.3 Å². The quantitative estimate of drug-likeness (QED) is 0.678. The lowest BCUT2D eigenvalue weighted by Crippen LogP contribution is -2.26. The maximum absolute atomic E-state index is 12.7. The zero-order valence-corrected chi connectivity index (χ0v) is 16.7. The Bertz CT molecular complexity index is 997. The average Bonchev–Trinajstić information content (AvgIpc) is 3.26. The minimum atomic E-state index is -3.72. The number of hydrogen-bond acceptors (Lipinski definition) is 8. The van der Waals surface area contributed by atoms with E-state index in [1.807, 2.05) is 20.8 Å². The van der Waals surface area contributed by atoms with Crippen LogP contribution < -0.4 is 4.72 Å². The summed E-state index contributed by atoms with van der Waals surface area (Å²) in [6.45, 7) is 9.15. The molecule has 3 aromatic heterocycles. The van der Waals surface area contributed by atoms with Crippen molar-refractivity contribution in [3.63, 3.8) is 0 Å². The van der Waals surface area contributed by atoms with Gasteiger partial charge in [-0.05, 0) is 32.9 Å². The molecule has 0 bridgehead atoms. The van der Waals surface area contributed by atoms with Gasteiger partial charge in [-0.3, -0.25) is 0 Å². The van der Waals surface area contributed by atoms with Crippen LogP contribution in [0.1, 0.15) is 55.9 Å². The molecule has 0 saturated carbocycles. The molecule has 0 fully saturated rings. The molecule has 10 heteroatoms. The van der Waals surface area contributed by atoms with Crippen LogP contribution in [-0.2, 0) is 10.0 Å². The number of aryl methyl sites for hydroxylation is 2. The second kappa shape index (κ2) is 6.93. The predicted molar refractivity (Wildman–Crippen MR) is 96.4 cm³/mol. The molecular formula is C16H20N4O4S2. The Morgan fingerprint density at radius 2 is 1.85 bits per heavy atom. The molecule has 1 N–H and O–H groups in total. The van der Waals surface area contributed by atoms with E-state index < -0.39 is 16.1 Å². The van der Waals surface area contributed by atoms with Gasteiger partial charge in [0.25, 0.3) is 10.0 Å². The van der Waals surface area contributed by atoms with Gasteiger partial charge in [0.05, 0.1) is 17.3 Å². The first-order chi connectivity index (χ1) is 12.2. The lowest BCUT2D eigenvalue weighted by molar-refractivity contribution is 0.348. The Balaban J connectivity index is 1.82. The molecule has 0 spiro atoms. The van der Waals surface area contributed by atoms with Crippen molar-refractivity contribution in [1.82, 2.24) is 20.0 Å². The number of hydrogen-bond donors (Lipinski definition) is 1. The fourth-order valence-corrected chi connectivity index (χ4v) is 5.10. The number of thiophene rings is 1. The SMILES string of the molecule is Cc1noc(C)c1-c1ccc(S(=O)(=O)N[C@H](C)c2nc(C(C)C)no2)s1. The van der Waals surface area contributed by atoms with Crippen LogP contribution in [0, 0.1) is 13.8 Å². The van der Waals surface area contributed by atoms with Crippen molar-refractivity contribution in [1.29, 1.82) is 0 Å². The molecule has 0 aliphatic rings. The van der Waals surface area contributed by atoms with Gasteiger partial charge in [0.2, 0.25) is 5.89 Å². The van der Waals surface area contributed by atoms with Crippen molar-refractivity contribution in [3.05, 3.63) is 35.3 Å². The van der Waals surface area contributed by atoms with Crippen LogP contribution in [-0.4, -0.2) is 23.7 Å². The third-order valence-corrected chi connectivity index (χ3v) is 6.94. The zero-order chi connectivity index (χ0) is 19.1. The normalized spacial score (nSPS) is 13.5. The van der Waals surface area contributed by atoms with Crippen molar-refractivity contribution >= 4 is 21.4 Å². The van der Waals surface area contributed by atoms with Crippen LogP contribution in [0.25, 0.3) is 10.4 Å². The molecule has 0 amide bonds. The van der Waals surface area contributed by atoms with Crippen LogP contribution >= 0.6 is 11.3 Å². The van der Waals surface area contributed by atoms with E-state index in [2.05, 4.69) is 20.0 Å². The number of sulfonamides is 1. The van der Waals surface area contributed by atoms with Gasteiger partial charge in [0, 0.05) is 10.8 Å². The Morgan fingerprint density at radius 1 is 1.12 bits per heavy atom. The summed E-state index contributed by atoms with van der Waals surface area (Å²) in [5.41, 5.74) is 1.55. The van der Waals surface area contributed by atoms with E-state index in [9.17, 15) is 8.42 Å². The van der Waals surface area contributed by atoms with E-state index in [1.165, 1.54) is 0 Å². The van der Waals surface area contributed by atoms with Crippen LogP contribution in [0.3, 0.4) is 0 Å². The average molecular weight is 396 g/mol. The molecule has 8 nitrogen and oxygen atoms in total. The van der Waals surface area contributed by atoms with Crippen LogP contribution in [0.15, 0.2) is 25.4 Å². The summed E-state index contributed by atoms with van der Waals surface area (Å²) < 4.78 is 38.4. The first-order valence-electron chi connectivity index (χ1n) is 8.08. The van der Waals surface area contributed by atoms with Gasteiger partial charge in [0.15, 0.2) is 5.82 Å². The van der Waals surface area contributed by atoms with Crippen LogP contribution in [0.5, 0.6) is 0 Å². The number of nitrogens with one attached hydrogen (secondary N) is 1. The zero-order valence-electron chi connectivity index (χ0n) is 15.1. The minimum Gasteiger partial charge on any atom is -0.361 e. The summed E-state index contributed by atoms with van der Waals surface area (Å²) in [7, 11) is -3.72. The van der Waals surface area contributed by atoms with Gasteiger partial charge in [-0.2, -0.15) is 9.71 Å². The smallest absolute Gasteiger partial charge is 0.250 e. The summed E-state index contributed by atoms with van der Waals surface area (Å²) in [5.74, 6) is 1.54. The summed E-state index contributed by atoms with van der Waals surface area (Å²) >= 11 is 1.16. The molecule has 0 unspecified atom stereocenters. The minimum absolute atomic E-state index is 0.103. The largest absolute Gasteiger partial charge is 0.361 e. The number of nitrogens with zero attached hydrogens (tertiary/aromatic N) is 3. The third-order valence-electron chi connectivity index (χ3n) is 3.80. The Kier molecular flexibility index (Phi) is 5.00. The lowest BCUT2D eigenvalue weighted by Gasteiger charge is -2.08. The first kappa shape index (κ1) is 18.7. The lowest BCUT2D eigenvalue weighted by atomic mass is 10.2. The molecule has 3 heterocycles. The topological polar surface area (TPSA) is 111 Å². The molecular weight excluding hydrogens is 376 g/mol. The molecule has 0 aromatic carbocycles. The van der Waals surface area contributed by atoms with Crippen molar-refractivity contribution < 1.29 is 17.5 Å². The number of aromatic nitrogens is 3. The molecule has 3 rings (SSSR count). The second-order valence-corrected chi connectivity index (χ2v) is 9.33. The predicted octanol–water partition coefficient (Wildman–Crippen LogP) is 3.57. The fourth-order valence-electron chi connectivity index (χ4n) is 2.43. The van der Waals surface area contributed by atoms with Gasteiger partial charge in [0.1, 0.15) is 9.97 Å². The maximum atomic E-state index is 12.7. The Labute approximate surface area is 155 Å². The summed E-state index contributed by atoms with van der Waals surface area (Å²) in [6, 6.07) is 2.68. The summed E-state index contributed by atoms with van der Waals surface area (Å²) in [4.78, 5) is 5.02. The van der Waals surface area contributed by atoms with Gasteiger partial charge >= 0.3 is 0 Å². The van der Waals surface area contributed by atoms with Gasteiger partial charge in [-0.25, -0.2) is 8.42 Å². The van der Waals surface area contributed by atoms with Crippen molar-refractivity contribution in [3.8, 4) is 10.4 Å². The van der Waals surface area contributed by atoms with E-state index in [-0.39, 0.29) is 16.0 Å². The molecule has 0 aliphatic carbocycles. The van der Waals surface area contributed by atoms with Gasteiger partial charge < -0.3 is 9.05 Å². The van der Waals surface area contributed by atoms with E-state index in [0.29, 0.717) is 11.6 Å². The highest BCUT2D eigenvalue weighted by Crippen LogP contribution is 2.35. The van der Waals surface area contributed by atoms with Crippen LogP contribution in [0.2, 0.25) is 0 Å². The molecule has 0 aliphatic heterocycles. The highest BCUT2D eigenvalue weighted by Gasteiger charge is 2.25. The molecule has 140 valence electrons. The monoisotopic (exact) mass is 396 g/mol.